The lowest BCUT2D eigenvalue weighted by atomic mass is 10.1. The fourth-order valence-electron chi connectivity index (χ4n) is 1.01. The molecule has 0 atom stereocenters. The molecule has 14 heavy (non-hydrogen) atoms. The fraction of sp³-hybridized carbons (Fsp3) is 0.250. The number of hydrogen-bond donors (Lipinski definition) is 1. The summed E-state index contributed by atoms with van der Waals surface area (Å²) in [5, 5.41) is 2.87. The molecule has 0 radical (unpaired) electrons. The molecule has 1 aromatic rings. The standard InChI is InChI=1S/C12H15NO/c1-4-12(2,3)13-11(14)10-8-6-5-7-9-10/h4-9H,1H2,2-3H3,(H,13,14). The number of amides is 1. The van der Waals surface area contributed by atoms with E-state index in [1.165, 1.54) is 0 Å². The van der Waals surface area contributed by atoms with Gasteiger partial charge >= 0.3 is 0 Å². The first-order valence-corrected chi connectivity index (χ1v) is 4.56. The Labute approximate surface area is 84.6 Å². The molecule has 0 unspecified atom stereocenters. The number of carbonyl (C=O) groups excluding carboxylic acids is 1. The molecule has 2 nitrogen and oxygen atoms in total. The van der Waals surface area contributed by atoms with Gasteiger partial charge in [-0.3, -0.25) is 4.79 Å². The van der Waals surface area contributed by atoms with E-state index in [1.54, 1.807) is 18.2 Å². The number of hydrogen-bond acceptors (Lipinski definition) is 1. The molecule has 0 aromatic heterocycles. The third-order valence-corrected chi connectivity index (χ3v) is 1.98. The van der Waals surface area contributed by atoms with Crippen molar-refractivity contribution in [2.75, 3.05) is 0 Å². The Bertz CT molecular complexity index is 327. The maximum Gasteiger partial charge on any atom is 0.251 e. The summed E-state index contributed by atoms with van der Waals surface area (Å²) in [6, 6.07) is 9.14. The largest absolute Gasteiger partial charge is 0.344 e. The summed E-state index contributed by atoms with van der Waals surface area (Å²) in [5.74, 6) is -0.0736. The fourth-order valence-corrected chi connectivity index (χ4v) is 1.01. The van der Waals surface area contributed by atoms with Crippen LogP contribution in [0, 0.1) is 0 Å². The van der Waals surface area contributed by atoms with E-state index in [0.29, 0.717) is 5.56 Å². The van der Waals surface area contributed by atoms with E-state index in [1.807, 2.05) is 32.0 Å². The number of rotatable bonds is 3. The van der Waals surface area contributed by atoms with E-state index >= 15 is 0 Å². The van der Waals surface area contributed by atoms with E-state index in [-0.39, 0.29) is 11.4 Å². The van der Waals surface area contributed by atoms with Gasteiger partial charge in [-0.05, 0) is 26.0 Å². The van der Waals surface area contributed by atoms with Crippen molar-refractivity contribution in [2.45, 2.75) is 19.4 Å². The van der Waals surface area contributed by atoms with E-state index < -0.39 is 0 Å². The first kappa shape index (κ1) is 10.5. The van der Waals surface area contributed by atoms with Crippen LogP contribution in [0.1, 0.15) is 24.2 Å². The first-order valence-electron chi connectivity index (χ1n) is 4.56. The average molecular weight is 189 g/mol. The highest BCUT2D eigenvalue weighted by molar-refractivity contribution is 5.94. The number of nitrogens with one attached hydrogen (secondary N) is 1. The van der Waals surface area contributed by atoms with Crippen molar-refractivity contribution >= 4 is 5.91 Å². The topological polar surface area (TPSA) is 29.1 Å². The SMILES string of the molecule is C=CC(C)(C)NC(=O)c1ccccc1. The maximum absolute atomic E-state index is 11.7. The highest BCUT2D eigenvalue weighted by Gasteiger charge is 2.16. The van der Waals surface area contributed by atoms with Gasteiger partial charge in [0.2, 0.25) is 0 Å². The molecule has 1 amide bonds. The molecule has 0 fully saturated rings. The van der Waals surface area contributed by atoms with Crippen LogP contribution in [0.3, 0.4) is 0 Å². The Balaban J connectivity index is 2.74. The summed E-state index contributed by atoms with van der Waals surface area (Å²) in [5.41, 5.74) is 0.301. The molecule has 0 spiro atoms. The second-order valence-corrected chi connectivity index (χ2v) is 3.75. The van der Waals surface area contributed by atoms with E-state index in [2.05, 4.69) is 11.9 Å². The van der Waals surface area contributed by atoms with E-state index in [4.69, 9.17) is 0 Å². The zero-order chi connectivity index (χ0) is 10.6. The van der Waals surface area contributed by atoms with Gasteiger partial charge in [0, 0.05) is 5.56 Å². The molecule has 0 bridgehead atoms. The molecule has 74 valence electrons. The van der Waals surface area contributed by atoms with Gasteiger partial charge in [-0.2, -0.15) is 0 Å². The van der Waals surface area contributed by atoms with Crippen LogP contribution < -0.4 is 5.32 Å². The molecule has 0 aliphatic heterocycles. The molecule has 0 heterocycles. The Morgan fingerprint density at radius 1 is 1.36 bits per heavy atom. The second-order valence-electron chi connectivity index (χ2n) is 3.75. The Kier molecular flexibility index (Phi) is 3.07. The third-order valence-electron chi connectivity index (χ3n) is 1.98. The zero-order valence-electron chi connectivity index (χ0n) is 8.58. The molecule has 0 aliphatic carbocycles. The summed E-state index contributed by atoms with van der Waals surface area (Å²) in [4.78, 5) is 11.7. The van der Waals surface area contributed by atoms with Crippen molar-refractivity contribution < 1.29 is 4.79 Å². The predicted octanol–water partition coefficient (Wildman–Crippen LogP) is 2.38. The number of carbonyl (C=O) groups is 1. The molecular weight excluding hydrogens is 174 g/mol. The molecule has 2 heteroatoms. The lowest BCUT2D eigenvalue weighted by Gasteiger charge is -2.21. The van der Waals surface area contributed by atoms with Crippen molar-refractivity contribution in [3.8, 4) is 0 Å². The van der Waals surface area contributed by atoms with Crippen LogP contribution in [0.2, 0.25) is 0 Å². The van der Waals surface area contributed by atoms with Crippen LogP contribution >= 0.6 is 0 Å². The van der Waals surface area contributed by atoms with Gasteiger partial charge < -0.3 is 5.32 Å². The third kappa shape index (κ3) is 2.73. The lowest BCUT2D eigenvalue weighted by molar-refractivity contribution is 0.0927. The molecule has 1 rings (SSSR count). The summed E-state index contributed by atoms with van der Waals surface area (Å²) < 4.78 is 0. The molecule has 0 saturated carbocycles. The molecular formula is C12H15NO. The predicted molar refractivity (Wildman–Crippen MR) is 58.2 cm³/mol. The van der Waals surface area contributed by atoms with Crippen LogP contribution in [-0.2, 0) is 0 Å². The van der Waals surface area contributed by atoms with Gasteiger partial charge in [0.15, 0.2) is 0 Å². The van der Waals surface area contributed by atoms with E-state index in [0.717, 1.165) is 0 Å². The minimum Gasteiger partial charge on any atom is -0.344 e. The van der Waals surface area contributed by atoms with Gasteiger partial charge in [-0.15, -0.1) is 6.58 Å². The smallest absolute Gasteiger partial charge is 0.251 e. The van der Waals surface area contributed by atoms with Crippen LogP contribution in [0.15, 0.2) is 43.0 Å². The van der Waals surface area contributed by atoms with Crippen LogP contribution in [-0.4, -0.2) is 11.4 Å². The Hall–Kier alpha value is -1.57. The monoisotopic (exact) mass is 189 g/mol. The number of benzene rings is 1. The first-order chi connectivity index (χ1) is 6.55. The van der Waals surface area contributed by atoms with Crippen molar-refractivity contribution in [3.05, 3.63) is 48.6 Å². The lowest BCUT2D eigenvalue weighted by Crippen LogP contribution is -2.41. The van der Waals surface area contributed by atoms with Crippen molar-refractivity contribution in [3.63, 3.8) is 0 Å². The van der Waals surface area contributed by atoms with Crippen molar-refractivity contribution in [2.24, 2.45) is 0 Å². The summed E-state index contributed by atoms with van der Waals surface area (Å²) in [6.45, 7) is 7.47. The molecule has 1 aromatic carbocycles. The minimum absolute atomic E-state index is 0.0736. The van der Waals surface area contributed by atoms with Gasteiger partial charge in [-0.25, -0.2) is 0 Å². The highest BCUT2D eigenvalue weighted by atomic mass is 16.1. The van der Waals surface area contributed by atoms with Crippen LogP contribution in [0.25, 0.3) is 0 Å². The van der Waals surface area contributed by atoms with Gasteiger partial charge in [0.25, 0.3) is 5.91 Å². The molecule has 0 saturated heterocycles. The quantitative estimate of drug-likeness (QED) is 0.727. The molecule has 0 aliphatic rings. The van der Waals surface area contributed by atoms with Gasteiger partial charge in [0.1, 0.15) is 0 Å². The van der Waals surface area contributed by atoms with Crippen LogP contribution in [0.4, 0.5) is 0 Å². The Morgan fingerprint density at radius 3 is 2.43 bits per heavy atom. The average Bonchev–Trinajstić information content (AvgIpc) is 2.19. The Morgan fingerprint density at radius 2 is 1.93 bits per heavy atom. The highest BCUT2D eigenvalue weighted by Crippen LogP contribution is 2.05. The van der Waals surface area contributed by atoms with Crippen molar-refractivity contribution in [1.82, 2.24) is 5.32 Å². The van der Waals surface area contributed by atoms with Crippen molar-refractivity contribution in [1.29, 1.82) is 0 Å². The summed E-state index contributed by atoms with van der Waals surface area (Å²) in [6.07, 6.45) is 1.72. The van der Waals surface area contributed by atoms with Crippen LogP contribution in [0.5, 0.6) is 0 Å². The zero-order valence-corrected chi connectivity index (χ0v) is 8.58. The van der Waals surface area contributed by atoms with E-state index in [9.17, 15) is 4.79 Å². The minimum atomic E-state index is -0.368. The second kappa shape index (κ2) is 4.09. The maximum atomic E-state index is 11.7. The molecule has 1 N–H and O–H groups in total. The van der Waals surface area contributed by atoms with Gasteiger partial charge in [0.05, 0.1) is 5.54 Å². The summed E-state index contributed by atoms with van der Waals surface area (Å²) >= 11 is 0. The summed E-state index contributed by atoms with van der Waals surface area (Å²) in [7, 11) is 0. The normalized spacial score (nSPS) is 10.7. The van der Waals surface area contributed by atoms with Gasteiger partial charge in [-0.1, -0.05) is 24.3 Å².